The molecule has 118 valence electrons. The first-order valence-electron chi connectivity index (χ1n) is 7.46. The number of nitrogens with one attached hydrogen (secondary N) is 1. The molecule has 0 unspecified atom stereocenters. The zero-order valence-corrected chi connectivity index (χ0v) is 15.9. The van der Waals surface area contributed by atoms with Gasteiger partial charge >= 0.3 is 0 Å². The van der Waals surface area contributed by atoms with Crippen LogP contribution in [0.5, 0.6) is 0 Å². The van der Waals surface area contributed by atoms with Crippen LogP contribution in [-0.2, 0) is 6.54 Å². The lowest BCUT2D eigenvalue weighted by molar-refractivity contribution is 0.468. The summed E-state index contributed by atoms with van der Waals surface area (Å²) in [7, 11) is 0. The Hall–Kier alpha value is -1.36. The molecule has 3 aromatic rings. The van der Waals surface area contributed by atoms with Gasteiger partial charge in [0.15, 0.2) is 0 Å². The van der Waals surface area contributed by atoms with Gasteiger partial charge in [-0.1, -0.05) is 46.3 Å². The van der Waals surface area contributed by atoms with Crippen molar-refractivity contribution in [2.45, 2.75) is 19.5 Å². The summed E-state index contributed by atoms with van der Waals surface area (Å²) in [5, 5.41) is 3.49. The van der Waals surface area contributed by atoms with E-state index in [1.165, 1.54) is 5.56 Å². The summed E-state index contributed by atoms with van der Waals surface area (Å²) < 4.78 is 8.02. The third-order valence-corrected chi connectivity index (χ3v) is 4.89. The fraction of sp³-hybridized carbons (Fsp3) is 0.158. The topological polar surface area (TPSA) is 25.2 Å². The number of furan rings is 1. The summed E-state index contributed by atoms with van der Waals surface area (Å²) in [5.41, 5.74) is 2.32. The molecule has 2 aromatic carbocycles. The molecule has 3 rings (SSSR count). The molecule has 0 aliphatic carbocycles. The van der Waals surface area contributed by atoms with Crippen molar-refractivity contribution in [3.05, 3.63) is 80.9 Å². The van der Waals surface area contributed by atoms with E-state index in [4.69, 9.17) is 4.42 Å². The smallest absolute Gasteiger partial charge is 0.135 e. The summed E-state index contributed by atoms with van der Waals surface area (Å²) in [4.78, 5) is 0. The Morgan fingerprint density at radius 2 is 1.78 bits per heavy atom. The summed E-state index contributed by atoms with van der Waals surface area (Å²) in [6, 6.07) is 20.8. The van der Waals surface area contributed by atoms with Gasteiger partial charge in [0.2, 0.25) is 0 Å². The third-order valence-electron chi connectivity index (χ3n) is 3.74. The molecule has 0 saturated carbocycles. The van der Waals surface area contributed by atoms with Gasteiger partial charge in [0.05, 0.1) is 6.54 Å². The largest absolute Gasteiger partial charge is 0.460 e. The van der Waals surface area contributed by atoms with Crippen LogP contribution in [0.3, 0.4) is 0 Å². The van der Waals surface area contributed by atoms with Crippen molar-refractivity contribution in [2.24, 2.45) is 0 Å². The van der Waals surface area contributed by atoms with Gasteiger partial charge in [0, 0.05) is 20.6 Å². The Labute approximate surface area is 153 Å². The van der Waals surface area contributed by atoms with E-state index in [9.17, 15) is 0 Å². The monoisotopic (exact) mass is 433 g/mol. The molecule has 0 aliphatic rings. The Bertz CT molecular complexity index is 783. The fourth-order valence-electron chi connectivity index (χ4n) is 2.42. The molecule has 0 fully saturated rings. The van der Waals surface area contributed by atoms with Crippen molar-refractivity contribution in [2.75, 3.05) is 0 Å². The molecule has 1 atom stereocenters. The molecule has 4 heteroatoms. The molecular weight excluding hydrogens is 418 g/mol. The quantitative estimate of drug-likeness (QED) is 0.508. The molecule has 23 heavy (non-hydrogen) atoms. The van der Waals surface area contributed by atoms with Crippen LogP contribution in [0.4, 0.5) is 0 Å². The first-order chi connectivity index (χ1) is 11.1. The fourth-order valence-corrected chi connectivity index (χ4v) is 3.66. The highest BCUT2D eigenvalue weighted by Gasteiger charge is 2.10. The average Bonchev–Trinajstić information content (AvgIpc) is 3.02. The Kier molecular flexibility index (Phi) is 5.36. The molecule has 2 nitrogen and oxygen atoms in total. The second-order valence-corrected chi connectivity index (χ2v) is 7.17. The van der Waals surface area contributed by atoms with Gasteiger partial charge in [-0.05, 0) is 58.7 Å². The van der Waals surface area contributed by atoms with Crippen molar-refractivity contribution in [3.63, 3.8) is 0 Å². The minimum absolute atomic E-state index is 0.282. The van der Waals surface area contributed by atoms with Crippen LogP contribution >= 0.6 is 31.9 Å². The van der Waals surface area contributed by atoms with Crippen molar-refractivity contribution in [3.8, 4) is 11.3 Å². The van der Waals surface area contributed by atoms with Gasteiger partial charge in [0.25, 0.3) is 0 Å². The van der Waals surface area contributed by atoms with Gasteiger partial charge in [-0.2, -0.15) is 0 Å². The van der Waals surface area contributed by atoms with Gasteiger partial charge in [0.1, 0.15) is 11.5 Å². The van der Waals surface area contributed by atoms with E-state index < -0.39 is 0 Å². The predicted molar refractivity (Wildman–Crippen MR) is 101 cm³/mol. The van der Waals surface area contributed by atoms with Crippen LogP contribution in [0.1, 0.15) is 24.3 Å². The molecule has 1 N–H and O–H groups in total. The molecule has 0 bridgehead atoms. The second-order valence-electron chi connectivity index (χ2n) is 5.40. The van der Waals surface area contributed by atoms with Gasteiger partial charge < -0.3 is 9.73 Å². The normalized spacial score (nSPS) is 12.3. The number of rotatable bonds is 5. The number of hydrogen-bond donors (Lipinski definition) is 1. The summed E-state index contributed by atoms with van der Waals surface area (Å²) in [6.45, 7) is 2.86. The minimum atomic E-state index is 0.282. The van der Waals surface area contributed by atoms with Crippen molar-refractivity contribution >= 4 is 31.9 Å². The molecule has 0 aliphatic heterocycles. The first-order valence-corrected chi connectivity index (χ1v) is 9.04. The Morgan fingerprint density at radius 3 is 2.52 bits per heavy atom. The van der Waals surface area contributed by atoms with Crippen molar-refractivity contribution < 1.29 is 4.42 Å². The van der Waals surface area contributed by atoms with Crippen molar-refractivity contribution in [1.29, 1.82) is 0 Å². The van der Waals surface area contributed by atoms with E-state index in [1.54, 1.807) is 0 Å². The average molecular weight is 435 g/mol. The maximum Gasteiger partial charge on any atom is 0.135 e. The van der Waals surface area contributed by atoms with E-state index in [1.807, 2.05) is 36.4 Å². The molecular formula is C19H17Br2NO. The lowest BCUT2D eigenvalue weighted by Crippen LogP contribution is -2.17. The van der Waals surface area contributed by atoms with Crippen molar-refractivity contribution in [1.82, 2.24) is 5.32 Å². The lowest BCUT2D eigenvalue weighted by Gasteiger charge is -2.13. The molecule has 0 saturated heterocycles. The van der Waals surface area contributed by atoms with Crippen LogP contribution < -0.4 is 5.32 Å². The summed E-state index contributed by atoms with van der Waals surface area (Å²) in [6.07, 6.45) is 0. The number of benzene rings is 2. The second kappa shape index (κ2) is 7.47. The SMILES string of the molecule is C[C@@H](NCc1ccc(-c2ccc(Br)cc2Br)o1)c1ccccc1. The van der Waals surface area contributed by atoms with Crippen LogP contribution in [0, 0.1) is 0 Å². The van der Waals surface area contributed by atoms with Gasteiger partial charge in [-0.15, -0.1) is 0 Å². The number of hydrogen-bond acceptors (Lipinski definition) is 2. The predicted octanol–water partition coefficient (Wildman–Crippen LogP) is 6.32. The summed E-state index contributed by atoms with van der Waals surface area (Å²) >= 11 is 7.05. The highest BCUT2D eigenvalue weighted by atomic mass is 79.9. The van der Waals surface area contributed by atoms with Crippen LogP contribution in [-0.4, -0.2) is 0 Å². The lowest BCUT2D eigenvalue weighted by atomic mass is 10.1. The van der Waals surface area contributed by atoms with E-state index in [-0.39, 0.29) is 6.04 Å². The zero-order valence-electron chi connectivity index (χ0n) is 12.7. The maximum atomic E-state index is 5.97. The van der Waals surface area contributed by atoms with Crippen LogP contribution in [0.25, 0.3) is 11.3 Å². The number of halogens is 2. The molecule has 1 heterocycles. The highest BCUT2D eigenvalue weighted by molar-refractivity contribution is 9.11. The van der Waals surface area contributed by atoms with E-state index >= 15 is 0 Å². The molecule has 0 amide bonds. The van der Waals surface area contributed by atoms with Gasteiger partial charge in [-0.25, -0.2) is 0 Å². The standard InChI is InChI=1S/C19H17Br2NO/c1-13(14-5-3-2-4-6-14)22-12-16-8-10-19(23-16)17-9-7-15(20)11-18(17)21/h2-11,13,22H,12H2,1H3/t13-/m1/s1. The Balaban J connectivity index is 1.68. The van der Waals surface area contributed by atoms with E-state index in [0.717, 1.165) is 26.0 Å². The summed E-state index contributed by atoms with van der Waals surface area (Å²) in [5.74, 6) is 1.80. The highest BCUT2D eigenvalue weighted by Crippen LogP contribution is 2.32. The van der Waals surface area contributed by atoms with Crippen LogP contribution in [0.2, 0.25) is 0 Å². The molecule has 0 spiro atoms. The van der Waals surface area contributed by atoms with E-state index in [2.05, 4.69) is 68.4 Å². The first kappa shape index (κ1) is 16.5. The molecule has 1 aromatic heterocycles. The molecule has 0 radical (unpaired) electrons. The third kappa shape index (κ3) is 4.14. The zero-order chi connectivity index (χ0) is 16.2. The van der Waals surface area contributed by atoms with Crippen LogP contribution in [0.15, 0.2) is 74.0 Å². The van der Waals surface area contributed by atoms with E-state index in [0.29, 0.717) is 6.54 Å². The van der Waals surface area contributed by atoms with Gasteiger partial charge in [-0.3, -0.25) is 0 Å². The maximum absolute atomic E-state index is 5.97. The minimum Gasteiger partial charge on any atom is -0.460 e. The Morgan fingerprint density at radius 1 is 1.00 bits per heavy atom.